The Hall–Kier alpha value is -0.140. The average molecular weight is 476 g/mol. The Morgan fingerprint density at radius 3 is 1.63 bits per heavy atom. The SMILES string of the molecule is Cc1cc(I)cc2c1-c1c(C)cc(I)cc1COC2. The van der Waals surface area contributed by atoms with Crippen molar-refractivity contribution in [2.45, 2.75) is 27.1 Å². The van der Waals surface area contributed by atoms with Gasteiger partial charge in [0.25, 0.3) is 0 Å². The van der Waals surface area contributed by atoms with Crippen molar-refractivity contribution in [1.82, 2.24) is 0 Å². The Labute approximate surface area is 141 Å². The molecule has 0 amide bonds. The van der Waals surface area contributed by atoms with Crippen molar-refractivity contribution in [2.24, 2.45) is 0 Å². The van der Waals surface area contributed by atoms with Gasteiger partial charge in [-0.2, -0.15) is 0 Å². The van der Waals surface area contributed by atoms with Gasteiger partial charge in [-0.1, -0.05) is 0 Å². The number of hydrogen-bond acceptors (Lipinski definition) is 1. The predicted octanol–water partition coefficient (Wildman–Crippen LogP) is 5.21. The lowest BCUT2D eigenvalue weighted by Gasteiger charge is -2.15. The zero-order valence-corrected chi connectivity index (χ0v) is 15.2. The average Bonchev–Trinajstić information content (AvgIpc) is 2.47. The van der Waals surface area contributed by atoms with Crippen LogP contribution in [0.3, 0.4) is 0 Å². The third kappa shape index (κ3) is 2.56. The van der Waals surface area contributed by atoms with Gasteiger partial charge in [0.15, 0.2) is 0 Å². The van der Waals surface area contributed by atoms with E-state index in [4.69, 9.17) is 4.74 Å². The summed E-state index contributed by atoms with van der Waals surface area (Å²) < 4.78 is 8.42. The number of fused-ring (bicyclic) bond motifs is 3. The van der Waals surface area contributed by atoms with Crippen molar-refractivity contribution in [3.63, 3.8) is 0 Å². The van der Waals surface area contributed by atoms with Crippen LogP contribution in [0.15, 0.2) is 24.3 Å². The fourth-order valence-corrected chi connectivity index (χ4v) is 4.53. The van der Waals surface area contributed by atoms with Crippen molar-refractivity contribution in [3.05, 3.63) is 53.7 Å². The van der Waals surface area contributed by atoms with Gasteiger partial charge in [-0.05, 0) is 117 Å². The number of benzene rings is 2. The van der Waals surface area contributed by atoms with Crippen LogP contribution in [0.1, 0.15) is 22.3 Å². The molecule has 1 aliphatic heterocycles. The first-order chi connectivity index (χ1) is 9.06. The molecule has 2 aromatic carbocycles. The molecule has 0 fully saturated rings. The summed E-state index contributed by atoms with van der Waals surface area (Å²) >= 11 is 4.76. The van der Waals surface area contributed by atoms with E-state index >= 15 is 0 Å². The van der Waals surface area contributed by atoms with Crippen molar-refractivity contribution < 1.29 is 4.74 Å². The number of rotatable bonds is 0. The molecule has 19 heavy (non-hydrogen) atoms. The summed E-state index contributed by atoms with van der Waals surface area (Å²) in [6.45, 7) is 5.82. The van der Waals surface area contributed by atoms with Gasteiger partial charge < -0.3 is 4.74 Å². The molecule has 0 spiro atoms. The molecule has 1 nitrogen and oxygen atoms in total. The van der Waals surface area contributed by atoms with Gasteiger partial charge in [-0.25, -0.2) is 0 Å². The second-order valence-corrected chi connectivity index (χ2v) is 7.50. The van der Waals surface area contributed by atoms with Gasteiger partial charge in [-0.3, -0.25) is 0 Å². The Kier molecular flexibility index (Phi) is 3.88. The summed E-state index contributed by atoms with van der Waals surface area (Å²) in [5.74, 6) is 0. The van der Waals surface area contributed by atoms with Crippen LogP contribution in [0.4, 0.5) is 0 Å². The number of ether oxygens (including phenoxy) is 1. The lowest BCUT2D eigenvalue weighted by atomic mass is 9.90. The summed E-state index contributed by atoms with van der Waals surface area (Å²) in [5, 5.41) is 0. The maximum atomic E-state index is 5.86. The van der Waals surface area contributed by atoms with E-state index in [0.717, 1.165) is 0 Å². The summed E-state index contributed by atoms with van der Waals surface area (Å²) in [5.41, 5.74) is 8.07. The topological polar surface area (TPSA) is 9.23 Å². The van der Waals surface area contributed by atoms with Gasteiger partial charge in [0, 0.05) is 7.14 Å². The molecule has 3 rings (SSSR count). The molecule has 0 radical (unpaired) electrons. The maximum Gasteiger partial charge on any atom is 0.0727 e. The van der Waals surface area contributed by atoms with Gasteiger partial charge >= 0.3 is 0 Å². The largest absolute Gasteiger partial charge is 0.372 e. The molecular formula is C16H14I2O. The van der Waals surface area contributed by atoms with E-state index in [2.05, 4.69) is 83.3 Å². The van der Waals surface area contributed by atoms with E-state index < -0.39 is 0 Å². The van der Waals surface area contributed by atoms with Crippen LogP contribution in [0.25, 0.3) is 11.1 Å². The minimum absolute atomic E-state index is 0.706. The Morgan fingerprint density at radius 2 is 1.21 bits per heavy atom. The first-order valence-electron chi connectivity index (χ1n) is 6.22. The third-order valence-electron chi connectivity index (χ3n) is 3.53. The lowest BCUT2D eigenvalue weighted by molar-refractivity contribution is 0.109. The standard InChI is InChI=1S/C16H14I2O/c1-9-3-13(17)5-11-7-19-8-12-6-14(18)4-10(2)16(12)15(9)11/h3-6H,7-8H2,1-2H3. The summed E-state index contributed by atoms with van der Waals surface area (Å²) in [7, 11) is 0. The molecule has 0 aliphatic carbocycles. The summed E-state index contributed by atoms with van der Waals surface area (Å²) in [6.07, 6.45) is 0. The monoisotopic (exact) mass is 476 g/mol. The minimum atomic E-state index is 0.706. The van der Waals surface area contributed by atoms with Crippen LogP contribution in [0.5, 0.6) is 0 Å². The normalized spacial score (nSPS) is 13.7. The van der Waals surface area contributed by atoms with Crippen LogP contribution in [0.2, 0.25) is 0 Å². The first-order valence-corrected chi connectivity index (χ1v) is 8.38. The highest BCUT2D eigenvalue weighted by atomic mass is 127. The molecule has 1 heterocycles. The van der Waals surface area contributed by atoms with E-state index in [1.165, 1.54) is 40.5 Å². The highest BCUT2D eigenvalue weighted by Crippen LogP contribution is 2.38. The number of hydrogen-bond donors (Lipinski definition) is 0. The number of halogens is 2. The predicted molar refractivity (Wildman–Crippen MR) is 95.3 cm³/mol. The van der Waals surface area contributed by atoms with Gasteiger partial charge in [-0.15, -0.1) is 0 Å². The lowest BCUT2D eigenvalue weighted by Crippen LogP contribution is -1.96. The summed E-state index contributed by atoms with van der Waals surface area (Å²) in [6, 6.07) is 9.00. The highest BCUT2D eigenvalue weighted by Gasteiger charge is 2.19. The molecule has 0 saturated carbocycles. The van der Waals surface area contributed by atoms with E-state index in [0.29, 0.717) is 13.2 Å². The second kappa shape index (κ2) is 5.33. The molecule has 1 aliphatic rings. The molecular weight excluding hydrogens is 462 g/mol. The fourth-order valence-electron chi connectivity index (χ4n) is 2.84. The van der Waals surface area contributed by atoms with Crippen LogP contribution in [-0.4, -0.2) is 0 Å². The minimum Gasteiger partial charge on any atom is -0.372 e. The number of aryl methyl sites for hydroxylation is 2. The Bertz CT molecular complexity index is 605. The fraction of sp³-hybridized carbons (Fsp3) is 0.250. The molecule has 0 unspecified atom stereocenters. The molecule has 0 aromatic heterocycles. The van der Waals surface area contributed by atoms with Gasteiger partial charge in [0.05, 0.1) is 13.2 Å². The molecule has 98 valence electrons. The van der Waals surface area contributed by atoms with Crippen molar-refractivity contribution >= 4 is 45.2 Å². The molecule has 3 heteroatoms. The van der Waals surface area contributed by atoms with Crippen molar-refractivity contribution in [3.8, 4) is 11.1 Å². The molecule has 0 saturated heterocycles. The molecule has 0 atom stereocenters. The van der Waals surface area contributed by atoms with Gasteiger partial charge in [0.1, 0.15) is 0 Å². The first kappa shape index (κ1) is 13.8. The van der Waals surface area contributed by atoms with Crippen LogP contribution < -0.4 is 0 Å². The van der Waals surface area contributed by atoms with E-state index in [-0.39, 0.29) is 0 Å². The zero-order valence-electron chi connectivity index (χ0n) is 10.9. The van der Waals surface area contributed by atoms with E-state index in [1.807, 2.05) is 0 Å². The summed E-state index contributed by atoms with van der Waals surface area (Å²) in [4.78, 5) is 0. The van der Waals surface area contributed by atoms with Gasteiger partial charge in [0.2, 0.25) is 0 Å². The van der Waals surface area contributed by atoms with Crippen LogP contribution in [-0.2, 0) is 18.0 Å². The van der Waals surface area contributed by atoms with E-state index in [1.54, 1.807) is 0 Å². The Morgan fingerprint density at radius 1 is 0.789 bits per heavy atom. The molecule has 0 bridgehead atoms. The zero-order chi connectivity index (χ0) is 13.6. The Balaban J connectivity index is 2.36. The van der Waals surface area contributed by atoms with Crippen LogP contribution >= 0.6 is 45.2 Å². The second-order valence-electron chi connectivity index (χ2n) is 5.01. The smallest absolute Gasteiger partial charge is 0.0727 e. The maximum absolute atomic E-state index is 5.86. The highest BCUT2D eigenvalue weighted by molar-refractivity contribution is 14.1. The quantitative estimate of drug-likeness (QED) is 0.475. The molecule has 2 aromatic rings. The molecule has 0 N–H and O–H groups in total. The third-order valence-corrected chi connectivity index (χ3v) is 4.77. The van der Waals surface area contributed by atoms with Crippen molar-refractivity contribution in [1.29, 1.82) is 0 Å². The van der Waals surface area contributed by atoms with E-state index in [9.17, 15) is 0 Å². The van der Waals surface area contributed by atoms with Crippen LogP contribution in [0, 0.1) is 21.0 Å². The van der Waals surface area contributed by atoms with Crippen molar-refractivity contribution in [2.75, 3.05) is 0 Å².